The number of nitrogens with one attached hydrogen (secondary N) is 1. The Balaban J connectivity index is 1.61. The number of benzene rings is 3. The number of carbonyl (C=O) groups is 3. The zero-order valence-corrected chi connectivity index (χ0v) is 20.3. The van der Waals surface area contributed by atoms with Crippen molar-refractivity contribution < 1.29 is 27.9 Å². The molecular weight excluding hydrogens is 557 g/mol. The first kappa shape index (κ1) is 25.3. The number of nitrogens with zero attached hydrogens (tertiary/aromatic N) is 1. The molecule has 9 heteroatoms. The number of anilines is 1. The minimum atomic E-state index is -0.736. The van der Waals surface area contributed by atoms with E-state index in [0.717, 1.165) is 12.1 Å². The van der Waals surface area contributed by atoms with Crippen molar-refractivity contribution in [2.75, 3.05) is 25.1 Å². The summed E-state index contributed by atoms with van der Waals surface area (Å²) < 4.78 is 33.9. The quantitative estimate of drug-likeness (QED) is 0.388. The molecule has 0 heterocycles. The van der Waals surface area contributed by atoms with Gasteiger partial charge in [-0.25, -0.2) is 8.78 Å². The van der Waals surface area contributed by atoms with Gasteiger partial charge < -0.3 is 15.0 Å². The summed E-state index contributed by atoms with van der Waals surface area (Å²) in [6.45, 7) is -0.766. The summed E-state index contributed by atoms with van der Waals surface area (Å²) in [5.74, 6) is -2.74. The van der Waals surface area contributed by atoms with Gasteiger partial charge >= 0.3 is 0 Å². The van der Waals surface area contributed by atoms with E-state index in [1.165, 1.54) is 23.1 Å². The largest absolute Gasteiger partial charge is 0.485 e. The summed E-state index contributed by atoms with van der Waals surface area (Å²) in [4.78, 5) is 38.7. The van der Waals surface area contributed by atoms with Crippen molar-refractivity contribution in [2.24, 2.45) is 0 Å². The summed E-state index contributed by atoms with van der Waals surface area (Å²) in [6, 6.07) is 16.7. The van der Waals surface area contributed by atoms with Crippen LogP contribution in [0.5, 0.6) is 5.75 Å². The molecule has 0 atom stereocenters. The van der Waals surface area contributed by atoms with Crippen LogP contribution in [0.15, 0.2) is 66.7 Å². The summed E-state index contributed by atoms with van der Waals surface area (Å²) >= 11 is 1.97. The lowest BCUT2D eigenvalue weighted by atomic mass is 10.1. The molecule has 34 heavy (non-hydrogen) atoms. The molecule has 0 fully saturated rings. The predicted octanol–water partition coefficient (Wildman–Crippen LogP) is 4.15. The van der Waals surface area contributed by atoms with Crippen LogP contribution in [0.3, 0.4) is 0 Å². The van der Waals surface area contributed by atoms with Crippen LogP contribution in [-0.2, 0) is 16.0 Å². The third-order valence-corrected chi connectivity index (χ3v) is 5.57. The second kappa shape index (κ2) is 11.7. The van der Waals surface area contributed by atoms with E-state index in [9.17, 15) is 23.2 Å². The number of carbonyl (C=O) groups excluding carboxylic acids is 3. The van der Waals surface area contributed by atoms with Crippen molar-refractivity contribution in [3.05, 3.63) is 93.1 Å². The van der Waals surface area contributed by atoms with Crippen molar-refractivity contribution in [1.82, 2.24) is 5.32 Å². The lowest BCUT2D eigenvalue weighted by molar-refractivity contribution is -0.120. The molecule has 0 saturated carbocycles. The predicted molar refractivity (Wildman–Crippen MR) is 132 cm³/mol. The van der Waals surface area contributed by atoms with E-state index < -0.39 is 29.9 Å². The zero-order chi connectivity index (χ0) is 24.7. The topological polar surface area (TPSA) is 75.7 Å². The van der Waals surface area contributed by atoms with Crippen molar-refractivity contribution in [1.29, 1.82) is 0 Å². The number of hydrogen-bond donors (Lipinski definition) is 1. The van der Waals surface area contributed by atoms with Crippen LogP contribution in [0.2, 0.25) is 0 Å². The van der Waals surface area contributed by atoms with E-state index in [1.54, 1.807) is 37.4 Å². The van der Waals surface area contributed by atoms with Crippen LogP contribution in [0.4, 0.5) is 14.5 Å². The number of hydrogen-bond acceptors (Lipinski definition) is 4. The number of halogens is 3. The second-order valence-electron chi connectivity index (χ2n) is 7.35. The summed E-state index contributed by atoms with van der Waals surface area (Å²) in [6.07, 6.45) is -0.189. The lowest BCUT2D eigenvalue weighted by Gasteiger charge is -2.18. The molecule has 0 aliphatic carbocycles. The standard InChI is InChI=1S/C25H21F2IN2O4/c1-30(19-5-3-2-4-6-19)24(32)14-29-25(33)21-12-17(26)8-10-23(21)34-15-20(31)11-16-7-9-18(28)13-22(16)27/h2-10,12-13H,11,14-15H2,1H3,(H,29,33). The summed E-state index contributed by atoms with van der Waals surface area (Å²) in [7, 11) is 1.57. The van der Waals surface area contributed by atoms with Crippen LogP contribution >= 0.6 is 22.6 Å². The molecule has 0 spiro atoms. The molecule has 0 aliphatic rings. The van der Waals surface area contributed by atoms with Gasteiger partial charge in [0.2, 0.25) is 5.91 Å². The van der Waals surface area contributed by atoms with Gasteiger partial charge in [-0.3, -0.25) is 14.4 Å². The van der Waals surface area contributed by atoms with Crippen LogP contribution < -0.4 is 15.0 Å². The maximum atomic E-state index is 14.0. The van der Waals surface area contributed by atoms with Crippen molar-refractivity contribution in [3.63, 3.8) is 0 Å². The first-order valence-electron chi connectivity index (χ1n) is 10.2. The number of amides is 2. The molecule has 0 unspecified atom stereocenters. The van der Waals surface area contributed by atoms with Gasteiger partial charge in [0, 0.05) is 22.7 Å². The molecule has 3 aromatic rings. The van der Waals surface area contributed by atoms with E-state index in [0.29, 0.717) is 9.26 Å². The monoisotopic (exact) mass is 578 g/mol. The van der Waals surface area contributed by atoms with Gasteiger partial charge in [0.1, 0.15) is 24.0 Å². The molecule has 3 rings (SSSR count). The molecule has 0 radical (unpaired) electrons. The second-order valence-corrected chi connectivity index (χ2v) is 8.60. The fraction of sp³-hybridized carbons (Fsp3) is 0.160. The highest BCUT2D eigenvalue weighted by molar-refractivity contribution is 14.1. The van der Waals surface area contributed by atoms with E-state index in [1.807, 2.05) is 28.7 Å². The van der Waals surface area contributed by atoms with E-state index >= 15 is 0 Å². The number of Topliss-reactive ketones (excluding diaryl/α,β-unsaturated/α-hetero) is 1. The highest BCUT2D eigenvalue weighted by Gasteiger charge is 2.18. The lowest BCUT2D eigenvalue weighted by Crippen LogP contribution is -2.38. The maximum absolute atomic E-state index is 14.0. The van der Waals surface area contributed by atoms with Gasteiger partial charge in [-0.05, 0) is 70.6 Å². The minimum Gasteiger partial charge on any atom is -0.485 e. The normalized spacial score (nSPS) is 10.5. The molecule has 0 aromatic heterocycles. The molecule has 3 aromatic carbocycles. The van der Waals surface area contributed by atoms with E-state index in [4.69, 9.17) is 4.74 Å². The van der Waals surface area contributed by atoms with Crippen LogP contribution in [0.1, 0.15) is 15.9 Å². The molecule has 176 valence electrons. The van der Waals surface area contributed by atoms with Gasteiger partial charge in [0.25, 0.3) is 5.91 Å². The summed E-state index contributed by atoms with van der Waals surface area (Å²) in [5, 5.41) is 2.45. The Morgan fingerprint density at radius 1 is 1.00 bits per heavy atom. The Labute approximate surface area is 209 Å². The molecule has 0 bridgehead atoms. The Bertz CT molecular complexity index is 1200. The van der Waals surface area contributed by atoms with Gasteiger partial charge in [-0.15, -0.1) is 0 Å². The minimum absolute atomic E-state index is 0.0285. The highest BCUT2D eigenvalue weighted by Crippen LogP contribution is 2.20. The smallest absolute Gasteiger partial charge is 0.255 e. The van der Waals surface area contributed by atoms with E-state index in [2.05, 4.69) is 5.32 Å². The Kier molecular flexibility index (Phi) is 8.69. The number of likely N-dealkylation sites (N-methyl/N-ethyl adjacent to an activating group) is 1. The van der Waals surface area contributed by atoms with Gasteiger partial charge in [-0.2, -0.15) is 0 Å². The number of ketones is 1. The average molecular weight is 578 g/mol. The molecule has 0 saturated heterocycles. The van der Waals surface area contributed by atoms with Crippen molar-refractivity contribution in [2.45, 2.75) is 6.42 Å². The van der Waals surface area contributed by atoms with Crippen LogP contribution in [-0.4, -0.2) is 37.8 Å². The fourth-order valence-electron chi connectivity index (χ4n) is 3.06. The zero-order valence-electron chi connectivity index (χ0n) is 18.2. The third kappa shape index (κ3) is 6.83. The number of ether oxygens (including phenoxy) is 1. The van der Waals surface area contributed by atoms with Crippen LogP contribution in [0.25, 0.3) is 0 Å². The molecule has 0 aliphatic heterocycles. The van der Waals surface area contributed by atoms with Gasteiger partial charge in [0.05, 0.1) is 12.1 Å². The van der Waals surface area contributed by atoms with E-state index in [-0.39, 0.29) is 35.7 Å². The molecule has 1 N–H and O–H groups in total. The van der Waals surface area contributed by atoms with Gasteiger partial charge in [-0.1, -0.05) is 24.3 Å². The Morgan fingerprint density at radius 2 is 1.74 bits per heavy atom. The van der Waals surface area contributed by atoms with Crippen LogP contribution in [0, 0.1) is 15.2 Å². The number of rotatable bonds is 9. The van der Waals surface area contributed by atoms with Gasteiger partial charge in [0.15, 0.2) is 5.78 Å². The maximum Gasteiger partial charge on any atom is 0.255 e. The molecule has 2 amide bonds. The summed E-state index contributed by atoms with van der Waals surface area (Å²) in [5.41, 5.74) is 0.718. The SMILES string of the molecule is CN(C(=O)CNC(=O)c1cc(F)ccc1OCC(=O)Cc1ccc(I)cc1F)c1ccccc1. The molecule has 6 nitrogen and oxygen atoms in total. The fourth-order valence-corrected chi connectivity index (χ4v) is 3.51. The highest BCUT2D eigenvalue weighted by atomic mass is 127. The first-order valence-corrected chi connectivity index (χ1v) is 11.3. The Hall–Kier alpha value is -3.34. The van der Waals surface area contributed by atoms with Crippen molar-refractivity contribution >= 4 is 45.9 Å². The average Bonchev–Trinajstić information content (AvgIpc) is 2.83. The number of para-hydroxylation sites is 1. The third-order valence-electron chi connectivity index (χ3n) is 4.90. The van der Waals surface area contributed by atoms with Crippen molar-refractivity contribution in [3.8, 4) is 5.75 Å². The Morgan fingerprint density at radius 3 is 2.44 bits per heavy atom. The molecular formula is C25H21F2IN2O4. The first-order chi connectivity index (χ1) is 16.2.